The van der Waals surface area contributed by atoms with Crippen LogP contribution < -0.4 is 10.6 Å². The van der Waals surface area contributed by atoms with E-state index in [2.05, 4.69) is 35.7 Å². The van der Waals surface area contributed by atoms with Gasteiger partial charge in [0.05, 0.1) is 10.0 Å². The number of thioether (sulfide) groups is 1. The van der Waals surface area contributed by atoms with Gasteiger partial charge in [-0.3, -0.25) is 0 Å². The molecule has 0 spiro atoms. The third-order valence-electron chi connectivity index (χ3n) is 2.27. The first kappa shape index (κ1) is 15.7. The minimum absolute atomic E-state index is 0.310. The van der Waals surface area contributed by atoms with E-state index >= 15 is 0 Å². The van der Waals surface area contributed by atoms with Gasteiger partial charge in [0.1, 0.15) is 11.6 Å². The molecule has 1 aromatic heterocycles. The monoisotopic (exact) mass is 307 g/mol. The van der Waals surface area contributed by atoms with Gasteiger partial charge in [0.25, 0.3) is 0 Å². The van der Waals surface area contributed by atoms with Gasteiger partial charge in [0.15, 0.2) is 0 Å². The summed E-state index contributed by atoms with van der Waals surface area (Å²) < 4.78 is 0. The summed E-state index contributed by atoms with van der Waals surface area (Å²) in [6, 6.07) is 2.03. The van der Waals surface area contributed by atoms with E-state index in [9.17, 15) is 0 Å². The number of nitrogens with one attached hydrogen (secondary N) is 2. The summed E-state index contributed by atoms with van der Waals surface area (Å²) in [4.78, 5) is 4.44. The van der Waals surface area contributed by atoms with Crippen LogP contribution in [-0.4, -0.2) is 29.6 Å². The molecule has 0 amide bonds. The van der Waals surface area contributed by atoms with Crippen LogP contribution in [0.3, 0.4) is 0 Å². The van der Waals surface area contributed by atoms with Crippen LogP contribution in [0.5, 0.6) is 0 Å². The van der Waals surface area contributed by atoms with Crippen molar-refractivity contribution in [2.24, 2.45) is 0 Å². The van der Waals surface area contributed by atoms with Crippen LogP contribution in [0.4, 0.5) is 11.6 Å². The summed E-state index contributed by atoms with van der Waals surface area (Å²) in [6.45, 7) is 5.03. The molecule has 1 unspecified atom stereocenters. The lowest BCUT2D eigenvalue weighted by atomic mass is 10.3. The largest absolute Gasteiger partial charge is 0.369 e. The standard InChI is InChI=1S/C12H19Cl2N3S/c1-4-5-15-11-9(13)6-10(14)12(17-11)16-8(2)7-18-3/h6,8H,4-5,7H2,1-3H3,(H2,15,16,17). The van der Waals surface area contributed by atoms with E-state index < -0.39 is 0 Å². The van der Waals surface area contributed by atoms with E-state index in [1.54, 1.807) is 17.8 Å². The van der Waals surface area contributed by atoms with E-state index in [-0.39, 0.29) is 0 Å². The number of aromatic nitrogens is 1. The third kappa shape index (κ3) is 4.75. The van der Waals surface area contributed by atoms with E-state index in [1.165, 1.54) is 0 Å². The van der Waals surface area contributed by atoms with Gasteiger partial charge < -0.3 is 10.6 Å². The first-order valence-electron chi connectivity index (χ1n) is 5.93. The minimum Gasteiger partial charge on any atom is -0.369 e. The van der Waals surface area contributed by atoms with E-state index in [1.807, 2.05) is 0 Å². The second-order valence-corrected chi connectivity index (χ2v) is 5.80. The number of pyridine rings is 1. The molecule has 0 aliphatic carbocycles. The predicted octanol–water partition coefficient (Wildman–Crippen LogP) is 4.37. The first-order valence-corrected chi connectivity index (χ1v) is 8.08. The SMILES string of the molecule is CCCNc1nc(NC(C)CSC)c(Cl)cc1Cl. The van der Waals surface area contributed by atoms with Crippen LogP contribution in [0, 0.1) is 0 Å². The number of hydrogen-bond donors (Lipinski definition) is 2. The molecule has 0 aromatic carbocycles. The normalized spacial score (nSPS) is 12.3. The van der Waals surface area contributed by atoms with Crippen LogP contribution in [0.1, 0.15) is 20.3 Å². The van der Waals surface area contributed by atoms with E-state index in [0.29, 0.717) is 27.7 Å². The topological polar surface area (TPSA) is 37.0 Å². The molecule has 2 N–H and O–H groups in total. The first-order chi connectivity index (χ1) is 8.58. The molecule has 1 aromatic rings. The molecule has 6 heteroatoms. The Bertz CT molecular complexity index is 388. The van der Waals surface area contributed by atoms with Crippen molar-refractivity contribution in [3.05, 3.63) is 16.1 Å². The lowest BCUT2D eigenvalue weighted by molar-refractivity contribution is 0.901. The van der Waals surface area contributed by atoms with Gasteiger partial charge in [-0.25, -0.2) is 4.98 Å². The molecule has 0 saturated carbocycles. The van der Waals surface area contributed by atoms with Crippen molar-refractivity contribution >= 4 is 46.6 Å². The molecular formula is C12H19Cl2N3S. The quantitative estimate of drug-likeness (QED) is 0.784. The highest BCUT2D eigenvalue weighted by molar-refractivity contribution is 7.98. The van der Waals surface area contributed by atoms with Crippen molar-refractivity contribution in [3.8, 4) is 0 Å². The molecule has 1 rings (SSSR count). The predicted molar refractivity (Wildman–Crippen MR) is 84.5 cm³/mol. The van der Waals surface area contributed by atoms with Gasteiger partial charge in [-0.1, -0.05) is 30.1 Å². The highest BCUT2D eigenvalue weighted by atomic mass is 35.5. The summed E-state index contributed by atoms with van der Waals surface area (Å²) in [6.07, 6.45) is 3.09. The lowest BCUT2D eigenvalue weighted by Gasteiger charge is -2.16. The van der Waals surface area contributed by atoms with Crippen LogP contribution in [0.15, 0.2) is 6.07 Å². The van der Waals surface area contributed by atoms with Crippen molar-refractivity contribution in [1.29, 1.82) is 0 Å². The zero-order valence-electron chi connectivity index (χ0n) is 10.9. The lowest BCUT2D eigenvalue weighted by Crippen LogP contribution is -2.19. The van der Waals surface area contributed by atoms with Crippen molar-refractivity contribution < 1.29 is 0 Å². The zero-order chi connectivity index (χ0) is 13.5. The number of hydrogen-bond acceptors (Lipinski definition) is 4. The molecule has 0 saturated heterocycles. The third-order valence-corrected chi connectivity index (χ3v) is 3.68. The van der Waals surface area contributed by atoms with Gasteiger partial charge in [0.2, 0.25) is 0 Å². The fraction of sp³-hybridized carbons (Fsp3) is 0.583. The maximum Gasteiger partial charge on any atom is 0.147 e. The summed E-state index contributed by atoms with van der Waals surface area (Å²) >= 11 is 14.0. The van der Waals surface area contributed by atoms with Crippen molar-refractivity contribution in [3.63, 3.8) is 0 Å². The molecule has 102 valence electrons. The van der Waals surface area contributed by atoms with Crippen LogP contribution in [0.2, 0.25) is 10.0 Å². The summed E-state index contributed by atoms with van der Waals surface area (Å²) in [7, 11) is 0. The fourth-order valence-electron chi connectivity index (χ4n) is 1.46. The molecule has 1 atom stereocenters. The van der Waals surface area contributed by atoms with Crippen molar-refractivity contribution in [1.82, 2.24) is 4.98 Å². The Balaban J connectivity index is 2.83. The average molecular weight is 308 g/mol. The fourth-order valence-corrected chi connectivity index (χ4v) is 2.52. The second-order valence-electron chi connectivity index (χ2n) is 4.08. The average Bonchev–Trinajstić information content (AvgIpc) is 2.31. The highest BCUT2D eigenvalue weighted by Crippen LogP contribution is 2.29. The van der Waals surface area contributed by atoms with Gasteiger partial charge >= 0.3 is 0 Å². The molecule has 0 aliphatic rings. The number of anilines is 2. The molecule has 0 bridgehead atoms. The Labute approximate surface area is 123 Å². The highest BCUT2D eigenvalue weighted by Gasteiger charge is 2.11. The molecule has 18 heavy (non-hydrogen) atoms. The van der Waals surface area contributed by atoms with Gasteiger partial charge in [-0.2, -0.15) is 11.8 Å². The summed E-state index contributed by atoms with van der Waals surface area (Å²) in [5, 5.41) is 7.58. The number of rotatable bonds is 7. The minimum atomic E-state index is 0.310. The Morgan fingerprint density at radius 2 is 2.00 bits per heavy atom. The summed E-state index contributed by atoms with van der Waals surface area (Å²) in [5.74, 6) is 2.36. The van der Waals surface area contributed by atoms with Crippen LogP contribution >= 0.6 is 35.0 Å². The Kier molecular flexibility index (Phi) is 6.97. The number of nitrogens with zero attached hydrogens (tertiary/aromatic N) is 1. The maximum absolute atomic E-state index is 6.14. The molecule has 3 nitrogen and oxygen atoms in total. The Morgan fingerprint density at radius 1 is 1.33 bits per heavy atom. The zero-order valence-corrected chi connectivity index (χ0v) is 13.2. The molecule has 1 heterocycles. The summed E-state index contributed by atoms with van der Waals surface area (Å²) in [5.41, 5.74) is 0. The van der Waals surface area contributed by atoms with Gasteiger partial charge in [-0.15, -0.1) is 0 Å². The van der Waals surface area contributed by atoms with Crippen LogP contribution in [-0.2, 0) is 0 Å². The van der Waals surface area contributed by atoms with E-state index in [0.717, 1.165) is 18.7 Å². The van der Waals surface area contributed by atoms with Crippen molar-refractivity contribution in [2.45, 2.75) is 26.3 Å². The smallest absolute Gasteiger partial charge is 0.147 e. The Morgan fingerprint density at radius 3 is 2.61 bits per heavy atom. The maximum atomic E-state index is 6.14. The molecular weight excluding hydrogens is 289 g/mol. The molecule has 0 aliphatic heterocycles. The van der Waals surface area contributed by atoms with Gasteiger partial charge in [0, 0.05) is 18.3 Å². The van der Waals surface area contributed by atoms with Gasteiger partial charge in [-0.05, 0) is 25.7 Å². The Hall–Kier alpha value is -0.320. The molecule has 0 radical (unpaired) electrons. The molecule has 0 fully saturated rings. The second kappa shape index (κ2) is 7.97. The van der Waals surface area contributed by atoms with E-state index in [4.69, 9.17) is 23.2 Å². The van der Waals surface area contributed by atoms with Crippen LogP contribution in [0.25, 0.3) is 0 Å². The number of halogens is 2. The van der Waals surface area contributed by atoms with Crippen molar-refractivity contribution in [2.75, 3.05) is 29.2 Å².